The first-order chi connectivity index (χ1) is 4.72. The van der Waals surface area contributed by atoms with Gasteiger partial charge in [-0.1, -0.05) is 0 Å². The third-order valence-corrected chi connectivity index (χ3v) is 2.62. The molecule has 0 aromatic heterocycles. The summed E-state index contributed by atoms with van der Waals surface area (Å²) in [7, 11) is 0. The van der Waals surface area contributed by atoms with Crippen molar-refractivity contribution in [3.05, 3.63) is 0 Å². The van der Waals surface area contributed by atoms with E-state index in [0.717, 1.165) is 13.0 Å². The number of carbonyl (C=O) groups is 1. The fraction of sp³-hybridized carbons (Fsp3) is 0.857. The second-order valence-corrected chi connectivity index (χ2v) is 3.48. The lowest BCUT2D eigenvalue weighted by molar-refractivity contribution is -0.139. The van der Waals surface area contributed by atoms with Crippen LogP contribution < -0.4 is 5.32 Å². The number of hydrogen-bond acceptors (Lipinski definition) is 2. The molecule has 1 aliphatic carbocycles. The molecule has 0 bridgehead atoms. The highest BCUT2D eigenvalue weighted by atomic mass is 35.5. The molecule has 1 saturated carbocycles. The zero-order chi connectivity index (χ0) is 7.19. The third-order valence-electron chi connectivity index (χ3n) is 2.62. The highest BCUT2D eigenvalue weighted by molar-refractivity contribution is 5.85. The Morgan fingerprint density at radius 2 is 2.00 bits per heavy atom. The monoisotopic (exact) mass is 213 g/mol. The van der Waals surface area contributed by atoms with Crippen molar-refractivity contribution >= 4 is 30.8 Å². The number of nitrogens with one attached hydrogen (secondary N) is 1. The Morgan fingerprint density at radius 1 is 1.42 bits per heavy atom. The van der Waals surface area contributed by atoms with Gasteiger partial charge in [0.1, 0.15) is 6.04 Å². The van der Waals surface area contributed by atoms with Crippen LogP contribution in [0.25, 0.3) is 0 Å². The summed E-state index contributed by atoms with van der Waals surface area (Å²) >= 11 is 0. The Kier molecular flexibility index (Phi) is 3.82. The van der Waals surface area contributed by atoms with E-state index in [1.807, 2.05) is 0 Å². The molecule has 72 valence electrons. The van der Waals surface area contributed by atoms with Crippen LogP contribution in [0.5, 0.6) is 0 Å². The van der Waals surface area contributed by atoms with Crippen LogP contribution >= 0.6 is 24.8 Å². The number of carboxylic acid groups (broad SMARTS) is 1. The number of hydrogen-bond donors (Lipinski definition) is 2. The molecule has 1 atom stereocenters. The van der Waals surface area contributed by atoms with E-state index in [-0.39, 0.29) is 30.9 Å². The quantitative estimate of drug-likeness (QED) is 0.686. The second kappa shape index (κ2) is 3.81. The maximum absolute atomic E-state index is 10.5. The molecule has 0 unspecified atom stereocenters. The molecule has 2 rings (SSSR count). The molecule has 1 heterocycles. The zero-order valence-corrected chi connectivity index (χ0v) is 8.21. The second-order valence-electron chi connectivity index (χ2n) is 3.48. The van der Waals surface area contributed by atoms with Gasteiger partial charge in [0.25, 0.3) is 0 Å². The number of rotatable bonds is 1. The highest BCUT2D eigenvalue weighted by Gasteiger charge is 2.49. The van der Waals surface area contributed by atoms with Crippen molar-refractivity contribution in [2.75, 3.05) is 6.54 Å². The normalized spacial score (nSPS) is 28.8. The summed E-state index contributed by atoms with van der Waals surface area (Å²) in [6.45, 7) is 0.921. The molecule has 0 radical (unpaired) electrons. The highest BCUT2D eigenvalue weighted by Crippen LogP contribution is 2.51. The van der Waals surface area contributed by atoms with Crippen LogP contribution in [-0.4, -0.2) is 23.7 Å². The van der Waals surface area contributed by atoms with Gasteiger partial charge in [-0.3, -0.25) is 4.79 Å². The maximum Gasteiger partial charge on any atom is 0.320 e. The Bertz CT molecular complexity index is 182. The molecule has 3 nitrogen and oxygen atoms in total. The van der Waals surface area contributed by atoms with E-state index >= 15 is 0 Å². The third kappa shape index (κ3) is 2.03. The topological polar surface area (TPSA) is 49.3 Å². The van der Waals surface area contributed by atoms with Gasteiger partial charge >= 0.3 is 5.97 Å². The predicted octanol–water partition coefficient (Wildman–Crippen LogP) is 1.06. The molecule has 0 amide bonds. The summed E-state index contributed by atoms with van der Waals surface area (Å²) in [4.78, 5) is 10.5. The molecular weight excluding hydrogens is 201 g/mol. The van der Waals surface area contributed by atoms with Crippen LogP contribution in [0.2, 0.25) is 0 Å². The first kappa shape index (κ1) is 12.0. The first-order valence-corrected chi connectivity index (χ1v) is 3.68. The van der Waals surface area contributed by atoms with E-state index in [4.69, 9.17) is 5.11 Å². The van der Waals surface area contributed by atoms with Gasteiger partial charge in [0.15, 0.2) is 0 Å². The summed E-state index contributed by atoms with van der Waals surface area (Å²) in [6.07, 6.45) is 3.30. The molecule has 2 fully saturated rings. The van der Waals surface area contributed by atoms with Crippen LogP contribution in [0, 0.1) is 5.41 Å². The predicted molar refractivity (Wildman–Crippen MR) is 50.2 cm³/mol. The SMILES string of the molecule is Cl.Cl.O=C(O)[C@@H]1CC2(CC2)CN1. The van der Waals surface area contributed by atoms with Gasteiger partial charge in [-0.2, -0.15) is 0 Å². The maximum atomic E-state index is 10.5. The number of halogens is 2. The fourth-order valence-electron chi connectivity index (χ4n) is 1.65. The van der Waals surface area contributed by atoms with E-state index < -0.39 is 5.97 Å². The van der Waals surface area contributed by atoms with E-state index in [2.05, 4.69) is 5.32 Å². The van der Waals surface area contributed by atoms with Crippen LogP contribution in [0.15, 0.2) is 0 Å². The first-order valence-electron chi connectivity index (χ1n) is 3.68. The largest absolute Gasteiger partial charge is 0.480 e. The molecule has 1 saturated heterocycles. The molecule has 2 N–H and O–H groups in total. The van der Waals surface area contributed by atoms with E-state index in [1.165, 1.54) is 12.8 Å². The Labute approximate surface area is 83.7 Å². The van der Waals surface area contributed by atoms with Gasteiger partial charge in [-0.05, 0) is 24.7 Å². The van der Waals surface area contributed by atoms with E-state index in [9.17, 15) is 4.79 Å². The van der Waals surface area contributed by atoms with Gasteiger partial charge in [0.05, 0.1) is 0 Å². The van der Waals surface area contributed by atoms with Gasteiger partial charge in [0, 0.05) is 6.54 Å². The van der Waals surface area contributed by atoms with Gasteiger partial charge < -0.3 is 10.4 Å². The summed E-state index contributed by atoms with van der Waals surface area (Å²) in [6, 6.07) is -0.262. The van der Waals surface area contributed by atoms with Crippen molar-refractivity contribution in [3.8, 4) is 0 Å². The lowest BCUT2D eigenvalue weighted by Crippen LogP contribution is -2.29. The summed E-state index contributed by atoms with van der Waals surface area (Å²) in [5, 5.41) is 11.6. The van der Waals surface area contributed by atoms with E-state index in [0.29, 0.717) is 5.41 Å². The Morgan fingerprint density at radius 3 is 2.25 bits per heavy atom. The Hall–Kier alpha value is 0.01000. The molecule has 2 aliphatic rings. The minimum Gasteiger partial charge on any atom is -0.480 e. The standard InChI is InChI=1S/C7H11NO2.2ClH/c9-6(10)5-3-7(1-2-7)4-8-5;;/h5,8H,1-4H2,(H,9,10);2*1H/t5-;;/m0../s1. The van der Waals surface area contributed by atoms with Crippen molar-refractivity contribution in [1.29, 1.82) is 0 Å². The number of aliphatic carboxylic acids is 1. The van der Waals surface area contributed by atoms with Crippen molar-refractivity contribution in [2.24, 2.45) is 5.41 Å². The van der Waals surface area contributed by atoms with Crippen molar-refractivity contribution in [3.63, 3.8) is 0 Å². The molecular formula is C7H13Cl2NO2. The fourth-order valence-corrected chi connectivity index (χ4v) is 1.65. The molecule has 0 aromatic carbocycles. The van der Waals surface area contributed by atoms with Crippen LogP contribution in [0.3, 0.4) is 0 Å². The average molecular weight is 214 g/mol. The number of carboxylic acids is 1. The minimum absolute atomic E-state index is 0. The summed E-state index contributed by atoms with van der Waals surface area (Å²) in [5.41, 5.74) is 0.406. The lowest BCUT2D eigenvalue weighted by Gasteiger charge is -2.01. The van der Waals surface area contributed by atoms with Gasteiger partial charge in [-0.15, -0.1) is 24.8 Å². The lowest BCUT2D eigenvalue weighted by atomic mass is 10.0. The van der Waals surface area contributed by atoms with Crippen molar-refractivity contribution in [1.82, 2.24) is 5.32 Å². The van der Waals surface area contributed by atoms with Gasteiger partial charge in [-0.25, -0.2) is 0 Å². The summed E-state index contributed by atoms with van der Waals surface area (Å²) < 4.78 is 0. The van der Waals surface area contributed by atoms with Crippen LogP contribution in [0.4, 0.5) is 0 Å². The molecule has 1 aliphatic heterocycles. The molecule has 1 spiro atoms. The zero-order valence-electron chi connectivity index (χ0n) is 6.58. The average Bonchev–Trinajstić information content (AvgIpc) is 2.41. The Balaban J connectivity index is 0.000000605. The van der Waals surface area contributed by atoms with Crippen LogP contribution in [-0.2, 0) is 4.79 Å². The van der Waals surface area contributed by atoms with Crippen molar-refractivity contribution < 1.29 is 9.90 Å². The molecule has 12 heavy (non-hydrogen) atoms. The smallest absolute Gasteiger partial charge is 0.320 e. The minimum atomic E-state index is -0.691. The van der Waals surface area contributed by atoms with E-state index in [1.54, 1.807) is 0 Å². The van der Waals surface area contributed by atoms with Crippen molar-refractivity contribution in [2.45, 2.75) is 25.3 Å². The van der Waals surface area contributed by atoms with Crippen LogP contribution in [0.1, 0.15) is 19.3 Å². The summed E-state index contributed by atoms with van der Waals surface area (Å²) in [5.74, 6) is -0.691. The molecule has 5 heteroatoms. The van der Waals surface area contributed by atoms with Gasteiger partial charge in [0.2, 0.25) is 0 Å². The molecule has 0 aromatic rings.